The fourth-order valence-electron chi connectivity index (χ4n) is 2.28. The highest BCUT2D eigenvalue weighted by atomic mass is 16.5. The molecular formula is C20H14O5. The van der Waals surface area contributed by atoms with Gasteiger partial charge in [-0.1, -0.05) is 36.4 Å². The molecule has 0 saturated heterocycles. The molecule has 0 aliphatic carbocycles. The number of fused-ring (bicyclic) bond motifs is 1. The van der Waals surface area contributed by atoms with Gasteiger partial charge in [-0.15, -0.1) is 0 Å². The van der Waals surface area contributed by atoms with Crippen molar-refractivity contribution in [1.29, 1.82) is 0 Å². The lowest BCUT2D eigenvalue weighted by atomic mass is 10.1. The van der Waals surface area contributed by atoms with Gasteiger partial charge in [0, 0.05) is 10.9 Å². The molecule has 0 spiro atoms. The van der Waals surface area contributed by atoms with Gasteiger partial charge in [-0.2, -0.15) is 0 Å². The molecule has 0 fully saturated rings. The second-order valence-electron chi connectivity index (χ2n) is 5.36. The number of ether oxygens (including phenoxy) is 1. The van der Waals surface area contributed by atoms with Gasteiger partial charge in [0.05, 0.1) is 0 Å². The molecule has 25 heavy (non-hydrogen) atoms. The summed E-state index contributed by atoms with van der Waals surface area (Å²) < 4.78 is 10.5. The van der Waals surface area contributed by atoms with Gasteiger partial charge in [-0.05, 0) is 37.3 Å². The van der Waals surface area contributed by atoms with Crippen LogP contribution in [0.4, 0.5) is 0 Å². The highest BCUT2D eigenvalue weighted by molar-refractivity contribution is 5.95. The number of allylic oxidation sites excluding steroid dienone is 1. The number of para-hydroxylation sites is 2. The van der Waals surface area contributed by atoms with Gasteiger partial charge in [0.25, 0.3) is 0 Å². The van der Waals surface area contributed by atoms with Crippen molar-refractivity contribution in [2.24, 2.45) is 0 Å². The number of carbonyl (C=O) groups is 2. The number of benzene rings is 2. The Balaban J connectivity index is 1.95. The minimum Gasteiger partial charge on any atom is -0.422 e. The van der Waals surface area contributed by atoms with E-state index in [9.17, 15) is 14.4 Å². The third kappa shape index (κ3) is 3.72. The van der Waals surface area contributed by atoms with Crippen LogP contribution >= 0.6 is 0 Å². The monoisotopic (exact) mass is 334 g/mol. The highest BCUT2D eigenvalue weighted by Crippen LogP contribution is 2.21. The van der Waals surface area contributed by atoms with Gasteiger partial charge in [-0.25, -0.2) is 9.59 Å². The molecule has 0 saturated carbocycles. The molecule has 0 N–H and O–H groups in total. The van der Waals surface area contributed by atoms with Crippen molar-refractivity contribution in [2.75, 3.05) is 0 Å². The van der Waals surface area contributed by atoms with E-state index in [2.05, 4.69) is 0 Å². The van der Waals surface area contributed by atoms with Crippen LogP contribution in [0.15, 0.2) is 69.9 Å². The van der Waals surface area contributed by atoms with Gasteiger partial charge in [0.1, 0.15) is 16.9 Å². The third-order valence-electron chi connectivity index (χ3n) is 3.48. The number of esters is 1. The Morgan fingerprint density at radius 1 is 1.04 bits per heavy atom. The minimum absolute atomic E-state index is 0.128. The lowest BCUT2D eigenvalue weighted by Crippen LogP contribution is -2.19. The molecule has 3 aromatic rings. The normalized spacial score (nSPS) is 10.9. The van der Waals surface area contributed by atoms with Crippen LogP contribution in [-0.4, -0.2) is 11.8 Å². The number of carbonyl (C=O) groups excluding carboxylic acids is 2. The van der Waals surface area contributed by atoms with E-state index in [1.807, 2.05) is 0 Å². The zero-order valence-electron chi connectivity index (χ0n) is 13.4. The number of hydrogen-bond donors (Lipinski definition) is 0. The smallest absolute Gasteiger partial charge is 0.351 e. The number of rotatable bonds is 4. The summed E-state index contributed by atoms with van der Waals surface area (Å²) in [5.74, 6) is -0.697. The van der Waals surface area contributed by atoms with E-state index in [1.54, 1.807) is 54.6 Å². The van der Waals surface area contributed by atoms with Crippen LogP contribution in [0.5, 0.6) is 5.75 Å². The molecule has 5 nitrogen and oxygen atoms in total. The predicted molar refractivity (Wildman–Crippen MR) is 93.6 cm³/mol. The summed E-state index contributed by atoms with van der Waals surface area (Å²) >= 11 is 0. The van der Waals surface area contributed by atoms with Gasteiger partial charge >= 0.3 is 11.6 Å². The molecule has 2 aromatic carbocycles. The fourth-order valence-corrected chi connectivity index (χ4v) is 2.28. The zero-order chi connectivity index (χ0) is 17.8. The molecule has 5 heteroatoms. The van der Waals surface area contributed by atoms with Crippen LogP contribution in [-0.2, 0) is 4.79 Å². The Kier molecular flexibility index (Phi) is 4.57. The quantitative estimate of drug-likeness (QED) is 0.315. The Hall–Kier alpha value is -3.47. The van der Waals surface area contributed by atoms with Gasteiger partial charge in [0.2, 0.25) is 0 Å². The Morgan fingerprint density at radius 2 is 1.76 bits per heavy atom. The largest absolute Gasteiger partial charge is 0.422 e. The molecule has 0 aliphatic rings. The van der Waals surface area contributed by atoms with Crippen molar-refractivity contribution in [3.63, 3.8) is 0 Å². The maximum Gasteiger partial charge on any atom is 0.351 e. The van der Waals surface area contributed by atoms with Crippen molar-refractivity contribution in [3.8, 4) is 5.75 Å². The SMILES string of the molecule is CC(=O)C=Cc1ccccc1OC(=O)c1cc2ccccc2oc1=O. The zero-order valence-corrected chi connectivity index (χ0v) is 13.4. The molecular weight excluding hydrogens is 320 g/mol. The number of ketones is 1. The minimum atomic E-state index is -0.817. The van der Waals surface area contributed by atoms with Gasteiger partial charge in [0.15, 0.2) is 5.78 Å². The average Bonchev–Trinajstić information content (AvgIpc) is 2.60. The molecule has 0 amide bonds. The van der Waals surface area contributed by atoms with E-state index in [-0.39, 0.29) is 17.1 Å². The summed E-state index contributed by atoms with van der Waals surface area (Å²) in [6.45, 7) is 1.42. The predicted octanol–water partition coefficient (Wildman–Crippen LogP) is 3.61. The first-order valence-electron chi connectivity index (χ1n) is 7.57. The van der Waals surface area contributed by atoms with Crippen LogP contribution in [0.3, 0.4) is 0 Å². The van der Waals surface area contributed by atoms with Crippen LogP contribution in [0.1, 0.15) is 22.8 Å². The summed E-state index contributed by atoms with van der Waals surface area (Å²) in [6.07, 6.45) is 2.92. The standard InChI is InChI=1S/C20H14O5/c1-13(21)10-11-14-6-2-4-8-17(14)24-19(22)16-12-15-7-3-5-9-18(15)25-20(16)23/h2-12H,1H3. The highest BCUT2D eigenvalue weighted by Gasteiger charge is 2.17. The van der Waals surface area contributed by atoms with E-state index in [0.717, 1.165) is 0 Å². The lowest BCUT2D eigenvalue weighted by molar-refractivity contribution is -0.112. The number of hydrogen-bond acceptors (Lipinski definition) is 5. The molecule has 3 rings (SSSR count). The Labute approximate surface area is 143 Å². The lowest BCUT2D eigenvalue weighted by Gasteiger charge is -2.07. The van der Waals surface area contributed by atoms with Crippen molar-refractivity contribution >= 4 is 28.8 Å². The second kappa shape index (κ2) is 6.97. The third-order valence-corrected chi connectivity index (χ3v) is 3.48. The Morgan fingerprint density at radius 3 is 2.56 bits per heavy atom. The van der Waals surface area contributed by atoms with Crippen molar-refractivity contribution in [2.45, 2.75) is 6.92 Å². The van der Waals surface area contributed by atoms with Crippen LogP contribution in [0.25, 0.3) is 17.0 Å². The first kappa shape index (κ1) is 16.4. The Bertz CT molecular complexity index is 1040. The van der Waals surface area contributed by atoms with Crippen molar-refractivity contribution < 1.29 is 18.7 Å². The molecule has 0 bridgehead atoms. The molecule has 0 unspecified atom stereocenters. The molecule has 0 aliphatic heterocycles. The van der Waals surface area contributed by atoms with Crippen molar-refractivity contribution in [1.82, 2.24) is 0 Å². The van der Waals surface area contributed by atoms with Crippen LogP contribution < -0.4 is 10.4 Å². The van der Waals surface area contributed by atoms with Gasteiger partial charge in [-0.3, -0.25) is 4.79 Å². The maximum atomic E-state index is 12.4. The van der Waals surface area contributed by atoms with E-state index >= 15 is 0 Å². The van der Waals surface area contributed by atoms with E-state index < -0.39 is 11.6 Å². The molecule has 1 heterocycles. The summed E-state index contributed by atoms with van der Waals surface area (Å²) in [6, 6.07) is 15.1. The van der Waals surface area contributed by atoms with E-state index in [0.29, 0.717) is 16.5 Å². The first-order chi connectivity index (χ1) is 12.0. The summed E-state index contributed by atoms with van der Waals surface area (Å²) in [5.41, 5.74) is -0.00502. The van der Waals surface area contributed by atoms with E-state index in [4.69, 9.17) is 9.15 Å². The maximum absolute atomic E-state index is 12.4. The molecule has 0 radical (unpaired) electrons. The summed E-state index contributed by atoms with van der Waals surface area (Å²) in [5, 5.41) is 0.624. The topological polar surface area (TPSA) is 73.6 Å². The van der Waals surface area contributed by atoms with Crippen LogP contribution in [0, 0.1) is 0 Å². The first-order valence-corrected chi connectivity index (χ1v) is 7.57. The summed E-state index contributed by atoms with van der Waals surface area (Å²) in [7, 11) is 0. The molecule has 124 valence electrons. The van der Waals surface area contributed by atoms with E-state index in [1.165, 1.54) is 19.1 Å². The molecule has 1 aromatic heterocycles. The average molecular weight is 334 g/mol. The van der Waals surface area contributed by atoms with Gasteiger partial charge < -0.3 is 9.15 Å². The second-order valence-corrected chi connectivity index (χ2v) is 5.36. The van der Waals surface area contributed by atoms with Crippen LogP contribution in [0.2, 0.25) is 0 Å². The molecule has 0 atom stereocenters. The fraction of sp³-hybridized carbons (Fsp3) is 0.0500. The summed E-state index contributed by atoms with van der Waals surface area (Å²) in [4.78, 5) is 35.5. The van der Waals surface area contributed by atoms with Crippen molar-refractivity contribution in [3.05, 3.63) is 82.2 Å².